The molecule has 3 heterocycles. The lowest BCUT2D eigenvalue weighted by molar-refractivity contribution is 0.501. The topological polar surface area (TPSA) is 50.8 Å². The lowest BCUT2D eigenvalue weighted by Gasteiger charge is -2.23. The normalized spacial score (nSPS) is 10.9. The van der Waals surface area contributed by atoms with Crippen LogP contribution in [0.4, 0.5) is 5.69 Å². The zero-order valence-corrected chi connectivity index (χ0v) is 13.6. The van der Waals surface area contributed by atoms with Crippen LogP contribution in [-0.2, 0) is 13.1 Å². The van der Waals surface area contributed by atoms with Crippen LogP contribution in [0.5, 0.6) is 0 Å². The number of hydrogen-bond donors (Lipinski definition) is 0. The van der Waals surface area contributed by atoms with Gasteiger partial charge in [0.25, 0.3) is 5.56 Å². The minimum absolute atomic E-state index is 0.0772. The van der Waals surface area contributed by atoms with Gasteiger partial charge in [0.05, 0.1) is 25.0 Å². The van der Waals surface area contributed by atoms with Crippen LogP contribution in [0.3, 0.4) is 0 Å². The number of nitrogens with zero attached hydrogens (tertiary/aromatic N) is 3. The van der Waals surface area contributed by atoms with Gasteiger partial charge < -0.3 is 9.32 Å². The van der Waals surface area contributed by atoms with E-state index in [0.717, 1.165) is 17.1 Å². The molecule has 0 fully saturated rings. The summed E-state index contributed by atoms with van der Waals surface area (Å²) in [6, 6.07) is 21.0. The van der Waals surface area contributed by atoms with Gasteiger partial charge in [-0.05, 0) is 36.4 Å². The van der Waals surface area contributed by atoms with E-state index in [0.29, 0.717) is 18.7 Å². The highest BCUT2D eigenvalue weighted by atomic mass is 16.3. The third-order valence-corrected chi connectivity index (χ3v) is 4.03. The van der Waals surface area contributed by atoms with E-state index in [1.165, 1.54) is 0 Å². The van der Waals surface area contributed by atoms with Crippen molar-refractivity contribution in [3.05, 3.63) is 101 Å². The molecule has 0 spiro atoms. The van der Waals surface area contributed by atoms with Crippen LogP contribution in [0.1, 0.15) is 11.5 Å². The van der Waals surface area contributed by atoms with E-state index in [9.17, 15) is 4.79 Å². The van der Waals surface area contributed by atoms with E-state index in [4.69, 9.17) is 4.42 Å². The summed E-state index contributed by atoms with van der Waals surface area (Å²) in [4.78, 5) is 19.1. The summed E-state index contributed by atoms with van der Waals surface area (Å²) < 4.78 is 7.03. The number of pyridine rings is 1. The highest BCUT2D eigenvalue weighted by molar-refractivity contribution is 5.47. The molecule has 1 aromatic carbocycles. The number of para-hydroxylation sites is 1. The molecule has 0 saturated heterocycles. The molecule has 0 bridgehead atoms. The second-order valence-electron chi connectivity index (χ2n) is 5.79. The Morgan fingerprint density at radius 1 is 0.960 bits per heavy atom. The Balaban J connectivity index is 1.70. The van der Waals surface area contributed by atoms with E-state index in [1.54, 1.807) is 22.9 Å². The number of hydrogen-bond acceptors (Lipinski definition) is 4. The molecule has 0 N–H and O–H groups in total. The Morgan fingerprint density at radius 2 is 1.80 bits per heavy atom. The molecule has 0 saturated carbocycles. The second kappa shape index (κ2) is 6.65. The highest BCUT2D eigenvalue weighted by Gasteiger charge is 2.12. The summed E-state index contributed by atoms with van der Waals surface area (Å²) in [5.41, 5.74) is 2.35. The van der Waals surface area contributed by atoms with E-state index < -0.39 is 0 Å². The third kappa shape index (κ3) is 3.30. The van der Waals surface area contributed by atoms with Crippen molar-refractivity contribution < 1.29 is 4.42 Å². The van der Waals surface area contributed by atoms with E-state index in [-0.39, 0.29) is 5.56 Å². The van der Waals surface area contributed by atoms with Crippen LogP contribution in [0.15, 0.2) is 88.4 Å². The quantitative estimate of drug-likeness (QED) is 0.562. The smallest absolute Gasteiger partial charge is 0.258 e. The Kier molecular flexibility index (Phi) is 4.04. The van der Waals surface area contributed by atoms with Crippen molar-refractivity contribution in [2.75, 3.05) is 4.90 Å². The summed E-state index contributed by atoms with van der Waals surface area (Å²) in [5, 5.41) is 0. The Morgan fingerprint density at radius 3 is 2.60 bits per heavy atom. The first-order chi connectivity index (χ1) is 12.3. The molecule has 5 nitrogen and oxygen atoms in total. The fraction of sp³-hybridized carbons (Fsp3) is 0.100. The van der Waals surface area contributed by atoms with E-state index in [2.05, 4.69) is 9.88 Å². The van der Waals surface area contributed by atoms with Crippen molar-refractivity contribution in [3.63, 3.8) is 0 Å². The number of furan rings is 1. The summed E-state index contributed by atoms with van der Waals surface area (Å²) in [6.07, 6.45) is 3.39. The Bertz CT molecular complexity index is 1020. The SMILES string of the molecule is O=c1cc(CN(Cc2ccco2)c2ccccc2)nc2ccccn12. The molecule has 0 aliphatic carbocycles. The largest absolute Gasteiger partial charge is 0.467 e. The monoisotopic (exact) mass is 331 g/mol. The van der Waals surface area contributed by atoms with Crippen molar-refractivity contribution in [2.24, 2.45) is 0 Å². The zero-order valence-electron chi connectivity index (χ0n) is 13.6. The molecule has 4 rings (SSSR count). The molecule has 5 heteroatoms. The molecule has 124 valence electrons. The maximum absolute atomic E-state index is 12.3. The first kappa shape index (κ1) is 15.2. The van der Waals surface area contributed by atoms with Crippen molar-refractivity contribution >= 4 is 11.3 Å². The molecular weight excluding hydrogens is 314 g/mol. The summed E-state index contributed by atoms with van der Waals surface area (Å²) in [7, 11) is 0. The fourth-order valence-electron chi connectivity index (χ4n) is 2.85. The van der Waals surface area contributed by atoms with Gasteiger partial charge in [-0.25, -0.2) is 4.98 Å². The molecular formula is C20H17N3O2. The summed E-state index contributed by atoms with van der Waals surface area (Å²) in [5.74, 6) is 0.862. The molecule has 0 aliphatic rings. The average Bonchev–Trinajstić information content (AvgIpc) is 3.15. The molecule has 0 radical (unpaired) electrons. The van der Waals surface area contributed by atoms with Crippen LogP contribution in [-0.4, -0.2) is 9.38 Å². The van der Waals surface area contributed by atoms with Gasteiger partial charge in [-0.1, -0.05) is 24.3 Å². The van der Waals surface area contributed by atoms with Gasteiger partial charge in [-0.3, -0.25) is 9.20 Å². The number of benzene rings is 1. The molecule has 25 heavy (non-hydrogen) atoms. The predicted molar refractivity (Wildman–Crippen MR) is 96.5 cm³/mol. The fourth-order valence-corrected chi connectivity index (χ4v) is 2.85. The van der Waals surface area contributed by atoms with E-state index >= 15 is 0 Å². The Hall–Kier alpha value is -3.34. The molecule has 0 amide bonds. The van der Waals surface area contributed by atoms with Crippen LogP contribution in [0, 0.1) is 0 Å². The molecule has 4 aromatic rings. The van der Waals surface area contributed by atoms with Gasteiger partial charge in [0.15, 0.2) is 0 Å². The molecule has 0 atom stereocenters. The van der Waals surface area contributed by atoms with Crippen molar-refractivity contribution in [1.29, 1.82) is 0 Å². The summed E-state index contributed by atoms with van der Waals surface area (Å²) in [6.45, 7) is 1.12. The van der Waals surface area contributed by atoms with Crippen molar-refractivity contribution in [1.82, 2.24) is 9.38 Å². The van der Waals surface area contributed by atoms with E-state index in [1.807, 2.05) is 60.7 Å². The zero-order chi connectivity index (χ0) is 17.1. The number of aromatic nitrogens is 2. The predicted octanol–water partition coefficient (Wildman–Crippen LogP) is 3.49. The molecule has 0 aliphatic heterocycles. The van der Waals surface area contributed by atoms with Crippen molar-refractivity contribution in [2.45, 2.75) is 13.1 Å². The van der Waals surface area contributed by atoms with Gasteiger partial charge in [-0.2, -0.15) is 0 Å². The van der Waals surface area contributed by atoms with Crippen LogP contribution in [0.25, 0.3) is 5.65 Å². The van der Waals surface area contributed by atoms with Crippen LogP contribution >= 0.6 is 0 Å². The lowest BCUT2D eigenvalue weighted by Crippen LogP contribution is -2.24. The minimum atomic E-state index is -0.0772. The summed E-state index contributed by atoms with van der Waals surface area (Å²) >= 11 is 0. The number of anilines is 1. The second-order valence-corrected chi connectivity index (χ2v) is 5.79. The Labute approximate surface area is 144 Å². The van der Waals surface area contributed by atoms with Gasteiger partial charge >= 0.3 is 0 Å². The maximum atomic E-state index is 12.3. The first-order valence-corrected chi connectivity index (χ1v) is 8.09. The number of fused-ring (bicyclic) bond motifs is 1. The molecule has 0 unspecified atom stereocenters. The van der Waals surface area contributed by atoms with Gasteiger partial charge in [0.2, 0.25) is 0 Å². The van der Waals surface area contributed by atoms with Crippen LogP contribution < -0.4 is 10.5 Å². The molecule has 3 aromatic heterocycles. The average molecular weight is 331 g/mol. The van der Waals surface area contributed by atoms with Crippen molar-refractivity contribution in [3.8, 4) is 0 Å². The van der Waals surface area contributed by atoms with Gasteiger partial charge in [0.1, 0.15) is 11.4 Å². The third-order valence-electron chi connectivity index (χ3n) is 4.03. The number of rotatable bonds is 5. The highest BCUT2D eigenvalue weighted by Crippen LogP contribution is 2.19. The standard InChI is InChI=1S/C20H17N3O2/c24-20-13-16(21-19-10-4-5-11-23(19)20)14-22(15-18-9-6-12-25-18)17-7-2-1-3-8-17/h1-13H,14-15H2. The van der Waals surface area contributed by atoms with Gasteiger partial charge in [0, 0.05) is 18.0 Å². The lowest BCUT2D eigenvalue weighted by atomic mass is 10.2. The maximum Gasteiger partial charge on any atom is 0.258 e. The van der Waals surface area contributed by atoms with Crippen LogP contribution in [0.2, 0.25) is 0 Å². The minimum Gasteiger partial charge on any atom is -0.467 e. The first-order valence-electron chi connectivity index (χ1n) is 8.09. The van der Waals surface area contributed by atoms with Gasteiger partial charge in [-0.15, -0.1) is 0 Å².